The zero-order valence-electron chi connectivity index (χ0n) is 9.10. The quantitative estimate of drug-likeness (QED) is 0.619. The van der Waals surface area contributed by atoms with Gasteiger partial charge in [-0.15, -0.1) is 6.58 Å². The van der Waals surface area contributed by atoms with E-state index in [1.54, 1.807) is 0 Å². The molecule has 0 aromatic heterocycles. The van der Waals surface area contributed by atoms with E-state index in [0.717, 1.165) is 11.8 Å². The molecular weight excluding hydrogens is 180 g/mol. The van der Waals surface area contributed by atoms with Gasteiger partial charge in [-0.25, -0.2) is 0 Å². The van der Waals surface area contributed by atoms with E-state index in [4.69, 9.17) is 0 Å². The minimum atomic E-state index is 0.824. The molecule has 2 atom stereocenters. The number of hydrogen-bond acceptors (Lipinski definition) is 0. The summed E-state index contributed by atoms with van der Waals surface area (Å²) in [6, 6.07) is 10.5. The van der Waals surface area contributed by atoms with Gasteiger partial charge >= 0.3 is 0 Å². The maximum atomic E-state index is 3.76. The molecule has 0 bridgehead atoms. The van der Waals surface area contributed by atoms with Gasteiger partial charge in [0.15, 0.2) is 0 Å². The summed E-state index contributed by atoms with van der Waals surface area (Å²) in [6.45, 7) is 3.76. The maximum Gasteiger partial charge on any atom is -0.0199 e. The van der Waals surface area contributed by atoms with Gasteiger partial charge in [-0.3, -0.25) is 0 Å². The average molecular weight is 198 g/mol. The minimum Gasteiger partial charge on any atom is -0.103 e. The van der Waals surface area contributed by atoms with Crippen molar-refractivity contribution in [3.63, 3.8) is 0 Å². The summed E-state index contributed by atoms with van der Waals surface area (Å²) in [6.07, 6.45) is 10.5. The molecule has 0 amide bonds. The normalized spacial score (nSPS) is 24.3. The summed E-state index contributed by atoms with van der Waals surface area (Å²) in [4.78, 5) is 0. The summed E-state index contributed by atoms with van der Waals surface area (Å²) in [5.74, 6) is 1.74. The van der Waals surface area contributed by atoms with Gasteiger partial charge in [0, 0.05) is 0 Å². The molecular formula is C15H18. The molecule has 0 unspecified atom stereocenters. The molecule has 1 aromatic rings. The molecule has 1 aliphatic carbocycles. The van der Waals surface area contributed by atoms with Crippen LogP contribution in [0.15, 0.2) is 49.1 Å². The van der Waals surface area contributed by atoms with E-state index in [1.165, 1.54) is 24.8 Å². The molecule has 15 heavy (non-hydrogen) atoms. The first-order chi connectivity index (χ1) is 7.40. The third-order valence-corrected chi connectivity index (χ3v) is 3.05. The van der Waals surface area contributed by atoms with Gasteiger partial charge in [-0.1, -0.05) is 48.6 Å². The van der Waals surface area contributed by atoms with E-state index in [1.807, 2.05) is 6.08 Å². The van der Waals surface area contributed by atoms with Gasteiger partial charge in [-0.2, -0.15) is 0 Å². The van der Waals surface area contributed by atoms with E-state index in [0.29, 0.717) is 0 Å². The zero-order chi connectivity index (χ0) is 10.5. The van der Waals surface area contributed by atoms with Crippen LogP contribution in [0.1, 0.15) is 24.8 Å². The van der Waals surface area contributed by atoms with Gasteiger partial charge in [0.1, 0.15) is 0 Å². The summed E-state index contributed by atoms with van der Waals surface area (Å²) in [5.41, 5.74) is 1.31. The van der Waals surface area contributed by atoms with E-state index in [2.05, 4.69) is 49.1 Å². The summed E-state index contributed by atoms with van der Waals surface area (Å²) >= 11 is 0. The maximum absolute atomic E-state index is 3.76. The predicted molar refractivity (Wildman–Crippen MR) is 66.5 cm³/mol. The van der Waals surface area contributed by atoms with Crippen LogP contribution in [0, 0.1) is 11.8 Å². The molecule has 0 saturated heterocycles. The summed E-state index contributed by atoms with van der Waals surface area (Å²) < 4.78 is 0. The Hall–Kier alpha value is -1.30. The van der Waals surface area contributed by atoms with Crippen molar-refractivity contribution in [2.45, 2.75) is 19.3 Å². The number of hydrogen-bond donors (Lipinski definition) is 0. The van der Waals surface area contributed by atoms with Crippen LogP contribution < -0.4 is 0 Å². The Morgan fingerprint density at radius 1 is 1.27 bits per heavy atom. The topological polar surface area (TPSA) is 0 Å². The van der Waals surface area contributed by atoms with Crippen molar-refractivity contribution in [2.75, 3.05) is 0 Å². The standard InChI is InChI=1S/C15H18/c1-2-3-9-14-12-15(14)11-10-13-7-5-4-6-8-13/h2,4-8,10-11,14-15H,1,3,9,12H2/b11-10+/t14-,15-/m0/s1. The monoisotopic (exact) mass is 198 g/mol. The molecule has 0 N–H and O–H groups in total. The fraction of sp³-hybridized carbons (Fsp3) is 0.333. The third-order valence-electron chi connectivity index (χ3n) is 3.05. The fourth-order valence-electron chi connectivity index (χ4n) is 1.97. The SMILES string of the molecule is C=CCC[C@H]1C[C@@H]1/C=C/c1ccccc1. The molecule has 2 rings (SSSR count). The molecule has 1 aliphatic rings. The summed E-state index contributed by atoms with van der Waals surface area (Å²) in [7, 11) is 0. The van der Waals surface area contributed by atoms with Crippen LogP contribution in [0.4, 0.5) is 0 Å². The second-order valence-electron chi connectivity index (χ2n) is 4.30. The molecule has 1 saturated carbocycles. The van der Waals surface area contributed by atoms with Crippen LogP contribution in [0.3, 0.4) is 0 Å². The van der Waals surface area contributed by atoms with Crippen LogP contribution in [0.25, 0.3) is 6.08 Å². The lowest BCUT2D eigenvalue weighted by Gasteiger charge is -1.93. The Morgan fingerprint density at radius 3 is 2.80 bits per heavy atom. The molecule has 0 spiro atoms. The highest BCUT2D eigenvalue weighted by atomic mass is 14.4. The van der Waals surface area contributed by atoms with Gasteiger partial charge in [0.25, 0.3) is 0 Å². The van der Waals surface area contributed by atoms with Crippen LogP contribution in [0.5, 0.6) is 0 Å². The highest BCUT2D eigenvalue weighted by molar-refractivity contribution is 5.49. The van der Waals surface area contributed by atoms with Crippen molar-refractivity contribution in [3.05, 3.63) is 54.6 Å². The fourth-order valence-corrected chi connectivity index (χ4v) is 1.97. The van der Waals surface area contributed by atoms with Crippen LogP contribution in [0.2, 0.25) is 0 Å². The van der Waals surface area contributed by atoms with Crippen molar-refractivity contribution in [1.29, 1.82) is 0 Å². The Morgan fingerprint density at radius 2 is 2.07 bits per heavy atom. The number of rotatable bonds is 5. The van der Waals surface area contributed by atoms with Crippen molar-refractivity contribution >= 4 is 6.08 Å². The minimum absolute atomic E-state index is 0.824. The highest BCUT2D eigenvalue weighted by Crippen LogP contribution is 2.43. The molecule has 0 aliphatic heterocycles. The van der Waals surface area contributed by atoms with E-state index in [-0.39, 0.29) is 0 Å². The number of benzene rings is 1. The zero-order valence-corrected chi connectivity index (χ0v) is 9.10. The lowest BCUT2D eigenvalue weighted by Crippen LogP contribution is -1.78. The first kappa shape index (κ1) is 10.2. The molecule has 0 radical (unpaired) electrons. The Labute approximate surface area is 92.3 Å². The van der Waals surface area contributed by atoms with Gasteiger partial charge in [-0.05, 0) is 36.7 Å². The summed E-state index contributed by atoms with van der Waals surface area (Å²) in [5, 5.41) is 0. The highest BCUT2D eigenvalue weighted by Gasteiger charge is 2.33. The lowest BCUT2D eigenvalue weighted by molar-refractivity contribution is 0.709. The van der Waals surface area contributed by atoms with E-state index < -0.39 is 0 Å². The molecule has 0 heterocycles. The average Bonchev–Trinajstić information content (AvgIpc) is 3.04. The van der Waals surface area contributed by atoms with Crippen LogP contribution in [-0.2, 0) is 0 Å². The second kappa shape index (κ2) is 4.97. The Bertz CT molecular complexity index is 334. The van der Waals surface area contributed by atoms with Gasteiger partial charge < -0.3 is 0 Å². The van der Waals surface area contributed by atoms with E-state index >= 15 is 0 Å². The molecule has 0 nitrogen and oxygen atoms in total. The molecule has 78 valence electrons. The van der Waals surface area contributed by atoms with Gasteiger partial charge in [0.05, 0.1) is 0 Å². The number of allylic oxidation sites excluding steroid dienone is 2. The second-order valence-corrected chi connectivity index (χ2v) is 4.30. The van der Waals surface area contributed by atoms with Gasteiger partial charge in [0.2, 0.25) is 0 Å². The largest absolute Gasteiger partial charge is 0.103 e. The van der Waals surface area contributed by atoms with Crippen LogP contribution in [-0.4, -0.2) is 0 Å². The predicted octanol–water partition coefficient (Wildman–Crippen LogP) is 4.30. The molecule has 1 fully saturated rings. The first-order valence-electron chi connectivity index (χ1n) is 5.74. The lowest BCUT2D eigenvalue weighted by atomic mass is 10.1. The van der Waals surface area contributed by atoms with E-state index in [9.17, 15) is 0 Å². The molecule has 0 heteroatoms. The molecule has 1 aromatic carbocycles. The van der Waals surface area contributed by atoms with Crippen molar-refractivity contribution < 1.29 is 0 Å². The van der Waals surface area contributed by atoms with Crippen molar-refractivity contribution in [3.8, 4) is 0 Å². The van der Waals surface area contributed by atoms with Crippen molar-refractivity contribution in [1.82, 2.24) is 0 Å². The van der Waals surface area contributed by atoms with Crippen LogP contribution >= 0.6 is 0 Å². The smallest absolute Gasteiger partial charge is 0.0199 e. The van der Waals surface area contributed by atoms with Crippen molar-refractivity contribution in [2.24, 2.45) is 11.8 Å². The third kappa shape index (κ3) is 3.09. The first-order valence-corrected chi connectivity index (χ1v) is 5.74. The Kier molecular flexibility index (Phi) is 3.39. The Balaban J connectivity index is 1.79.